The maximum Gasteiger partial charge on any atom is 0.251 e. The van der Waals surface area contributed by atoms with Crippen LogP contribution in [0.4, 0.5) is 0 Å². The maximum absolute atomic E-state index is 12.0. The van der Waals surface area contributed by atoms with E-state index in [0.29, 0.717) is 12.1 Å². The zero-order valence-corrected chi connectivity index (χ0v) is 14.9. The number of nitrogens with zero attached hydrogens (tertiary/aromatic N) is 3. The molecule has 0 fully saturated rings. The van der Waals surface area contributed by atoms with Crippen LogP contribution >= 0.6 is 22.6 Å². The number of aromatic nitrogens is 3. The molecule has 0 saturated heterocycles. The van der Waals surface area contributed by atoms with Gasteiger partial charge in [0.2, 0.25) is 0 Å². The summed E-state index contributed by atoms with van der Waals surface area (Å²) in [6.07, 6.45) is 5.59. The van der Waals surface area contributed by atoms with E-state index < -0.39 is 0 Å². The topological polar surface area (TPSA) is 59.3 Å². The summed E-state index contributed by atoms with van der Waals surface area (Å²) in [5.41, 5.74) is 3.63. The Kier molecular flexibility index (Phi) is 4.90. The molecule has 0 radical (unpaired) electrons. The highest BCUT2D eigenvalue weighted by Gasteiger charge is 2.05. The number of carbonyl (C=O) groups is 1. The van der Waals surface area contributed by atoms with Crippen LogP contribution in [0.2, 0.25) is 0 Å². The molecule has 6 heteroatoms. The molecule has 23 heavy (non-hydrogen) atoms. The van der Waals surface area contributed by atoms with Crippen LogP contribution in [-0.2, 0) is 6.42 Å². The molecule has 1 N–H and O–H groups in total. The van der Waals surface area contributed by atoms with Gasteiger partial charge in [0, 0.05) is 34.1 Å². The summed E-state index contributed by atoms with van der Waals surface area (Å²) in [5, 5.41) is 7.31. The van der Waals surface area contributed by atoms with E-state index in [0.717, 1.165) is 33.3 Å². The fourth-order valence-corrected chi connectivity index (χ4v) is 2.72. The number of rotatable bonds is 5. The van der Waals surface area contributed by atoms with Gasteiger partial charge in [-0.15, -0.1) is 0 Å². The predicted octanol–water partition coefficient (Wildman–Crippen LogP) is 3.00. The minimum Gasteiger partial charge on any atom is -0.352 e. The molecule has 0 aliphatic heterocycles. The van der Waals surface area contributed by atoms with Gasteiger partial charge in [0.1, 0.15) is 0 Å². The van der Waals surface area contributed by atoms with E-state index in [1.54, 1.807) is 4.52 Å². The van der Waals surface area contributed by atoms with E-state index in [-0.39, 0.29) is 5.91 Å². The van der Waals surface area contributed by atoms with Gasteiger partial charge in [0.25, 0.3) is 5.91 Å². The van der Waals surface area contributed by atoms with Crippen molar-refractivity contribution in [2.75, 3.05) is 6.54 Å². The summed E-state index contributed by atoms with van der Waals surface area (Å²) in [7, 11) is 0. The first-order valence-corrected chi connectivity index (χ1v) is 8.54. The highest BCUT2D eigenvalue weighted by molar-refractivity contribution is 14.1. The van der Waals surface area contributed by atoms with E-state index in [2.05, 4.69) is 38.0 Å². The fourth-order valence-electron chi connectivity index (χ4n) is 2.36. The van der Waals surface area contributed by atoms with Gasteiger partial charge in [-0.25, -0.2) is 9.50 Å². The predicted molar refractivity (Wildman–Crippen MR) is 97.5 cm³/mol. The molecule has 0 saturated carbocycles. The number of amides is 1. The lowest BCUT2D eigenvalue weighted by molar-refractivity contribution is 0.0953. The minimum atomic E-state index is -0.0299. The SMILES string of the molecule is Cc1cc2ncc(CCCNC(=O)c3ccc(I)cc3)cn2n1. The molecule has 0 spiro atoms. The number of hydrogen-bond donors (Lipinski definition) is 1. The van der Waals surface area contributed by atoms with Crippen molar-refractivity contribution in [2.24, 2.45) is 0 Å². The fraction of sp³-hybridized carbons (Fsp3) is 0.235. The minimum absolute atomic E-state index is 0.0299. The first-order valence-electron chi connectivity index (χ1n) is 7.46. The average molecular weight is 420 g/mol. The number of nitrogens with one attached hydrogen (secondary N) is 1. The number of halogens is 1. The third kappa shape index (κ3) is 4.07. The summed E-state index contributed by atoms with van der Waals surface area (Å²) in [5.74, 6) is -0.0299. The lowest BCUT2D eigenvalue weighted by Crippen LogP contribution is -2.24. The van der Waals surface area contributed by atoms with Crippen LogP contribution in [0.15, 0.2) is 42.7 Å². The molecular formula is C17H17IN4O. The zero-order chi connectivity index (χ0) is 16.2. The van der Waals surface area contributed by atoms with Gasteiger partial charge in [-0.3, -0.25) is 4.79 Å². The number of benzene rings is 1. The summed E-state index contributed by atoms with van der Waals surface area (Å²) in [4.78, 5) is 16.4. The van der Waals surface area contributed by atoms with Gasteiger partial charge in [0.15, 0.2) is 5.65 Å². The standard InChI is InChI=1S/C17H17IN4O/c1-12-9-16-20-10-13(11-22(16)21-12)3-2-8-19-17(23)14-4-6-15(18)7-5-14/h4-7,9-11H,2-3,8H2,1H3,(H,19,23). The third-order valence-corrected chi connectivity index (χ3v) is 4.24. The van der Waals surface area contributed by atoms with Crippen LogP contribution in [0.5, 0.6) is 0 Å². The van der Waals surface area contributed by atoms with E-state index in [4.69, 9.17) is 0 Å². The molecule has 0 aliphatic rings. The van der Waals surface area contributed by atoms with Crippen LogP contribution in [0.25, 0.3) is 5.65 Å². The summed E-state index contributed by atoms with van der Waals surface area (Å²) < 4.78 is 2.92. The van der Waals surface area contributed by atoms with Gasteiger partial charge in [-0.1, -0.05) is 0 Å². The van der Waals surface area contributed by atoms with Crippen molar-refractivity contribution in [3.63, 3.8) is 0 Å². The molecule has 118 valence electrons. The zero-order valence-electron chi connectivity index (χ0n) is 12.8. The Balaban J connectivity index is 1.50. The largest absolute Gasteiger partial charge is 0.352 e. The number of fused-ring (bicyclic) bond motifs is 1. The number of hydrogen-bond acceptors (Lipinski definition) is 3. The quantitative estimate of drug-likeness (QED) is 0.510. The van der Waals surface area contributed by atoms with Crippen molar-refractivity contribution < 1.29 is 4.79 Å². The Morgan fingerprint density at radius 2 is 2.09 bits per heavy atom. The van der Waals surface area contributed by atoms with Crippen molar-refractivity contribution >= 4 is 34.1 Å². The summed E-state index contributed by atoms with van der Waals surface area (Å²) in [6.45, 7) is 2.59. The Morgan fingerprint density at radius 3 is 2.87 bits per heavy atom. The highest BCUT2D eigenvalue weighted by atomic mass is 127. The van der Waals surface area contributed by atoms with Gasteiger partial charge in [0.05, 0.1) is 5.69 Å². The summed E-state index contributed by atoms with van der Waals surface area (Å²) >= 11 is 2.22. The maximum atomic E-state index is 12.0. The molecule has 3 rings (SSSR count). The Labute approximate surface area is 148 Å². The Hall–Kier alpha value is -1.96. The van der Waals surface area contributed by atoms with E-state index in [9.17, 15) is 4.79 Å². The lowest BCUT2D eigenvalue weighted by atomic mass is 10.2. The average Bonchev–Trinajstić information content (AvgIpc) is 2.91. The Bertz CT molecular complexity index is 826. The highest BCUT2D eigenvalue weighted by Crippen LogP contribution is 2.08. The molecule has 0 unspecified atom stereocenters. The third-order valence-electron chi connectivity index (χ3n) is 3.52. The Morgan fingerprint density at radius 1 is 1.30 bits per heavy atom. The van der Waals surface area contributed by atoms with Crippen molar-refractivity contribution in [1.29, 1.82) is 0 Å². The van der Waals surface area contributed by atoms with Gasteiger partial charge < -0.3 is 5.32 Å². The molecule has 2 heterocycles. The van der Waals surface area contributed by atoms with Crippen LogP contribution in [0, 0.1) is 10.5 Å². The van der Waals surface area contributed by atoms with E-state index >= 15 is 0 Å². The van der Waals surface area contributed by atoms with Crippen molar-refractivity contribution in [3.05, 3.63) is 63.1 Å². The van der Waals surface area contributed by atoms with Crippen molar-refractivity contribution in [2.45, 2.75) is 19.8 Å². The molecule has 1 amide bonds. The first-order chi connectivity index (χ1) is 11.1. The second-order valence-electron chi connectivity index (χ2n) is 5.42. The smallest absolute Gasteiger partial charge is 0.251 e. The second kappa shape index (κ2) is 7.08. The monoisotopic (exact) mass is 420 g/mol. The number of aryl methyl sites for hydroxylation is 2. The molecule has 3 aromatic rings. The molecule has 0 atom stereocenters. The summed E-state index contributed by atoms with van der Waals surface area (Å²) in [6, 6.07) is 9.50. The first kappa shape index (κ1) is 15.9. The molecule has 2 aromatic heterocycles. The van der Waals surface area contributed by atoms with Crippen LogP contribution in [0.1, 0.15) is 28.0 Å². The molecular weight excluding hydrogens is 403 g/mol. The van der Waals surface area contributed by atoms with Crippen molar-refractivity contribution in [1.82, 2.24) is 19.9 Å². The van der Waals surface area contributed by atoms with Crippen LogP contribution in [-0.4, -0.2) is 27.0 Å². The van der Waals surface area contributed by atoms with Crippen LogP contribution < -0.4 is 5.32 Å². The second-order valence-corrected chi connectivity index (χ2v) is 6.66. The van der Waals surface area contributed by atoms with Crippen LogP contribution in [0.3, 0.4) is 0 Å². The number of carbonyl (C=O) groups excluding carboxylic acids is 1. The van der Waals surface area contributed by atoms with Gasteiger partial charge in [-0.2, -0.15) is 5.10 Å². The normalized spacial score (nSPS) is 10.9. The van der Waals surface area contributed by atoms with Gasteiger partial charge in [-0.05, 0) is 72.2 Å². The van der Waals surface area contributed by atoms with E-state index in [1.807, 2.05) is 49.6 Å². The lowest BCUT2D eigenvalue weighted by Gasteiger charge is -2.06. The van der Waals surface area contributed by atoms with Crippen molar-refractivity contribution in [3.8, 4) is 0 Å². The molecule has 1 aromatic carbocycles. The van der Waals surface area contributed by atoms with E-state index in [1.165, 1.54) is 0 Å². The molecule has 0 bridgehead atoms. The molecule has 0 aliphatic carbocycles. The van der Waals surface area contributed by atoms with Gasteiger partial charge >= 0.3 is 0 Å². The molecule has 5 nitrogen and oxygen atoms in total.